The van der Waals surface area contributed by atoms with E-state index in [-0.39, 0.29) is 22.1 Å². The highest BCUT2D eigenvalue weighted by molar-refractivity contribution is 5.92. The van der Waals surface area contributed by atoms with E-state index in [1.807, 2.05) is 6.07 Å². The summed E-state index contributed by atoms with van der Waals surface area (Å²) in [6.45, 7) is 3.62. The molecule has 2 unspecified atom stereocenters. The van der Waals surface area contributed by atoms with E-state index in [0.717, 1.165) is 41.8 Å². The maximum Gasteiger partial charge on any atom is 0.254 e. The largest absolute Gasteiger partial charge is 0.384 e. The Morgan fingerprint density at radius 3 is 2.54 bits per heavy atom. The minimum atomic E-state index is -1.14. The number of nitrogens with zero attached hydrogens (tertiary/aromatic N) is 5. The fourth-order valence-corrected chi connectivity index (χ4v) is 7.10. The molecule has 3 heterocycles. The number of carbonyl (C=O) groups is 1. The predicted molar refractivity (Wildman–Crippen MR) is 137 cm³/mol. The van der Waals surface area contributed by atoms with Crippen LogP contribution < -0.4 is 5.32 Å². The molecule has 0 radical (unpaired) electrons. The number of halogens is 2. The topological polar surface area (TPSA) is 114 Å². The van der Waals surface area contributed by atoms with Gasteiger partial charge in [-0.25, -0.2) is 18.7 Å². The fraction of sp³-hybridized carbons (Fsp3) is 0.310. The number of carbonyl (C=O) groups excluding carboxylic acids is 1. The molecule has 0 saturated heterocycles. The van der Waals surface area contributed by atoms with Crippen molar-refractivity contribution in [2.45, 2.75) is 50.0 Å². The van der Waals surface area contributed by atoms with Crippen LogP contribution in [0, 0.1) is 17.0 Å². The van der Waals surface area contributed by atoms with E-state index >= 15 is 0 Å². The van der Waals surface area contributed by atoms with Crippen molar-refractivity contribution in [2.24, 2.45) is 5.41 Å². The first-order valence-corrected chi connectivity index (χ1v) is 12.8. The zero-order valence-electron chi connectivity index (χ0n) is 21.2. The number of pyridine rings is 1. The molecule has 2 bridgehead atoms. The molecule has 196 valence electrons. The highest BCUT2D eigenvalue weighted by Gasteiger charge is 2.84. The second kappa shape index (κ2) is 7.92. The number of amides is 1. The van der Waals surface area contributed by atoms with Crippen LogP contribution in [-0.2, 0) is 15.6 Å². The summed E-state index contributed by atoms with van der Waals surface area (Å²) in [5.41, 5.74) is 3.18. The van der Waals surface area contributed by atoms with E-state index in [0.29, 0.717) is 11.5 Å². The number of aliphatic hydroxyl groups is 1. The van der Waals surface area contributed by atoms with Crippen molar-refractivity contribution in [1.82, 2.24) is 25.1 Å². The molecule has 0 aliphatic heterocycles. The number of fused-ring (bicyclic) bond motifs is 2. The van der Waals surface area contributed by atoms with Crippen molar-refractivity contribution in [3.05, 3.63) is 83.6 Å². The summed E-state index contributed by atoms with van der Waals surface area (Å²) in [6.07, 6.45) is 6.58. The van der Waals surface area contributed by atoms with Gasteiger partial charge in [-0.2, -0.15) is 5.10 Å². The zero-order chi connectivity index (χ0) is 27.2. The van der Waals surface area contributed by atoms with Gasteiger partial charge in [-0.05, 0) is 67.5 Å². The Kier molecular flexibility index (Phi) is 4.85. The Balaban J connectivity index is 1.29. The summed E-state index contributed by atoms with van der Waals surface area (Å²) in [4.78, 5) is 25.6. The number of hydrogen-bond acceptors (Lipinski definition) is 7. The molecule has 4 atom stereocenters. The molecule has 10 heteroatoms. The normalized spacial score (nSPS) is 26.6. The van der Waals surface area contributed by atoms with Crippen LogP contribution in [0.15, 0.2) is 55.0 Å². The molecule has 3 aliphatic carbocycles. The van der Waals surface area contributed by atoms with Gasteiger partial charge in [0.05, 0.1) is 40.0 Å². The van der Waals surface area contributed by atoms with Gasteiger partial charge in [-0.15, -0.1) is 5.10 Å². The van der Waals surface area contributed by atoms with Crippen LogP contribution in [0.3, 0.4) is 0 Å². The Morgan fingerprint density at radius 2 is 1.85 bits per heavy atom. The van der Waals surface area contributed by atoms with Crippen LogP contribution in [-0.4, -0.2) is 42.3 Å². The molecule has 8 nitrogen and oxygen atoms in total. The number of hydrogen-bond donors (Lipinski definition) is 2. The van der Waals surface area contributed by atoms with E-state index in [1.54, 1.807) is 30.7 Å². The molecule has 1 amide bonds. The lowest BCUT2D eigenvalue weighted by atomic mass is 9.69. The number of nitrogens with one attached hydrogen (secondary N) is 1. The van der Waals surface area contributed by atoms with E-state index < -0.39 is 29.1 Å². The molecule has 7 rings (SSSR count). The lowest BCUT2D eigenvalue weighted by Crippen LogP contribution is -2.35. The Morgan fingerprint density at radius 1 is 1.05 bits per heavy atom. The highest BCUT2D eigenvalue weighted by Crippen LogP contribution is 2.86. The van der Waals surface area contributed by atoms with Crippen LogP contribution in [0.5, 0.6) is 0 Å². The minimum Gasteiger partial charge on any atom is -0.384 e. The predicted octanol–water partition coefficient (Wildman–Crippen LogP) is 4.33. The smallest absolute Gasteiger partial charge is 0.254 e. The van der Waals surface area contributed by atoms with E-state index in [2.05, 4.69) is 32.4 Å². The summed E-state index contributed by atoms with van der Waals surface area (Å²) in [7, 11) is 0. The van der Waals surface area contributed by atoms with Crippen molar-refractivity contribution < 1.29 is 18.7 Å². The van der Waals surface area contributed by atoms with E-state index in [9.17, 15) is 18.7 Å². The van der Waals surface area contributed by atoms with Crippen LogP contribution in [0.25, 0.3) is 22.5 Å². The van der Waals surface area contributed by atoms with Gasteiger partial charge in [0.15, 0.2) is 0 Å². The third-order valence-corrected chi connectivity index (χ3v) is 9.15. The molecule has 3 aromatic heterocycles. The van der Waals surface area contributed by atoms with Gasteiger partial charge in [0, 0.05) is 23.4 Å². The molecule has 3 aliphatic rings. The first kappa shape index (κ1) is 23.9. The van der Waals surface area contributed by atoms with E-state index in [4.69, 9.17) is 4.98 Å². The summed E-state index contributed by atoms with van der Waals surface area (Å²) >= 11 is 0. The molecule has 2 N–H and O–H groups in total. The van der Waals surface area contributed by atoms with Gasteiger partial charge >= 0.3 is 0 Å². The van der Waals surface area contributed by atoms with Crippen LogP contribution >= 0.6 is 0 Å². The van der Waals surface area contributed by atoms with Crippen molar-refractivity contribution in [2.75, 3.05) is 5.32 Å². The maximum absolute atomic E-state index is 14.6. The molecule has 2 fully saturated rings. The number of aliphatic hydroxyl groups excluding tert-OH is 1. The van der Waals surface area contributed by atoms with Gasteiger partial charge in [0.1, 0.15) is 23.6 Å². The fourth-order valence-electron chi connectivity index (χ4n) is 7.10. The molecular weight excluding hydrogens is 502 g/mol. The molecule has 1 aromatic carbocycles. The summed E-state index contributed by atoms with van der Waals surface area (Å²) in [5.74, 6) is -1.55. The molecule has 39 heavy (non-hydrogen) atoms. The number of rotatable bonds is 5. The van der Waals surface area contributed by atoms with E-state index in [1.165, 1.54) is 25.1 Å². The van der Waals surface area contributed by atoms with Gasteiger partial charge < -0.3 is 10.4 Å². The van der Waals surface area contributed by atoms with Gasteiger partial charge in [0.2, 0.25) is 0 Å². The maximum atomic E-state index is 14.6. The zero-order valence-corrected chi connectivity index (χ0v) is 21.2. The Bertz CT molecular complexity index is 1650. The quantitative estimate of drug-likeness (QED) is 0.398. The lowest BCUT2D eigenvalue weighted by molar-refractivity contribution is -0.123. The third-order valence-electron chi connectivity index (χ3n) is 9.15. The van der Waals surface area contributed by atoms with Gasteiger partial charge in [-0.1, -0.05) is 13.0 Å². The number of aromatic nitrogens is 5. The summed E-state index contributed by atoms with van der Waals surface area (Å²) in [5, 5.41) is 20.9. The molecular formula is C29H24F2N6O2. The highest BCUT2D eigenvalue weighted by atomic mass is 19.1. The first-order chi connectivity index (χ1) is 18.7. The molecule has 2 saturated carbocycles. The standard InChI is InChI=1S/C29H24F2N6O2/c1-15(38)26(39)35-23-7-6-16(11-33-23)21-12-32-13-22(34-21)29-9-8-28(14-27(28,29)2)17-10-20(36-37-25(17)29)24-18(30)4-3-5-19(24)31/h3-7,10-13,15,38H,8-9,14H2,1-2H3,(H,33,35,39)/t15-,27?,28?,29-/m0/s1. The lowest BCUT2D eigenvalue weighted by Gasteiger charge is -2.35. The third kappa shape index (κ3) is 3.06. The first-order valence-electron chi connectivity index (χ1n) is 12.8. The van der Waals surface area contributed by atoms with Crippen LogP contribution in [0.4, 0.5) is 14.6 Å². The van der Waals surface area contributed by atoms with Crippen molar-refractivity contribution in [1.29, 1.82) is 0 Å². The molecule has 4 aromatic rings. The van der Waals surface area contributed by atoms with Crippen LogP contribution in [0.1, 0.15) is 50.1 Å². The summed E-state index contributed by atoms with van der Waals surface area (Å²) in [6, 6.07) is 9.03. The Hall–Kier alpha value is -4.18. The minimum absolute atomic E-state index is 0.127. The van der Waals surface area contributed by atoms with Crippen molar-refractivity contribution >= 4 is 11.7 Å². The SMILES string of the molecule is C[C@H](O)C(=O)Nc1ccc(-c2cncc([C@]34CCC5(CC53C)c3cc(-c5c(F)cccc5F)nnc34)n2)cn1. The number of anilines is 1. The van der Waals surface area contributed by atoms with Crippen LogP contribution in [0.2, 0.25) is 0 Å². The second-order valence-electron chi connectivity index (χ2n) is 11.0. The van der Waals surface area contributed by atoms with Gasteiger partial charge in [0.25, 0.3) is 5.91 Å². The monoisotopic (exact) mass is 526 g/mol. The summed E-state index contributed by atoms with van der Waals surface area (Å²) < 4.78 is 29.1. The second-order valence-corrected chi connectivity index (χ2v) is 11.0. The number of benzene rings is 1. The van der Waals surface area contributed by atoms with Crippen molar-refractivity contribution in [3.8, 4) is 22.5 Å². The Labute approximate surface area is 222 Å². The average Bonchev–Trinajstić information content (AvgIpc) is 3.40. The average molecular weight is 527 g/mol. The molecule has 0 spiro atoms. The van der Waals surface area contributed by atoms with Crippen molar-refractivity contribution in [3.63, 3.8) is 0 Å². The van der Waals surface area contributed by atoms with Gasteiger partial charge in [-0.3, -0.25) is 9.78 Å².